The van der Waals surface area contributed by atoms with E-state index in [0.717, 1.165) is 12.8 Å². The van der Waals surface area contributed by atoms with Crippen molar-refractivity contribution >= 4 is 0 Å². The van der Waals surface area contributed by atoms with Crippen LogP contribution in [0.1, 0.15) is 88.5 Å². The molecule has 234 valence electrons. The van der Waals surface area contributed by atoms with Gasteiger partial charge in [-0.25, -0.2) is 0 Å². The fourth-order valence-corrected chi connectivity index (χ4v) is 7.07. The monoisotopic (exact) mass is 584 g/mol. The first-order chi connectivity index (χ1) is 20.0. The van der Waals surface area contributed by atoms with Gasteiger partial charge in [0.2, 0.25) is 0 Å². The maximum Gasteiger partial charge on any atom is 0.121 e. The van der Waals surface area contributed by atoms with Crippen molar-refractivity contribution in [1.82, 2.24) is 0 Å². The lowest BCUT2D eigenvalue weighted by Gasteiger charge is -2.39. The molecule has 5 atom stereocenters. The summed E-state index contributed by atoms with van der Waals surface area (Å²) in [5, 5.41) is 20.3. The molecule has 0 amide bonds. The van der Waals surface area contributed by atoms with Crippen LogP contribution in [-0.4, -0.2) is 33.6 Å². The number of aliphatic hydroxyl groups is 2. The van der Waals surface area contributed by atoms with E-state index in [4.69, 9.17) is 4.74 Å². The van der Waals surface area contributed by atoms with Gasteiger partial charge >= 0.3 is 0 Å². The maximum absolute atomic E-state index is 10.2. The van der Waals surface area contributed by atoms with E-state index in [1.807, 2.05) is 6.08 Å². The molecule has 1 saturated heterocycles. The largest absolute Gasteiger partial charge is 0.393 e. The van der Waals surface area contributed by atoms with Gasteiger partial charge in [0.1, 0.15) is 11.2 Å². The summed E-state index contributed by atoms with van der Waals surface area (Å²) in [5.74, 6) is 0.345. The molecule has 0 bridgehead atoms. The highest BCUT2D eigenvalue weighted by Gasteiger charge is 2.74. The minimum absolute atomic E-state index is 0.0547. The highest BCUT2D eigenvalue weighted by atomic mass is 16.6. The van der Waals surface area contributed by atoms with E-state index in [1.165, 1.54) is 27.9 Å². The Morgan fingerprint density at radius 3 is 1.77 bits per heavy atom. The van der Waals surface area contributed by atoms with E-state index in [-0.39, 0.29) is 34.2 Å². The quantitative estimate of drug-likeness (QED) is 0.153. The summed E-state index contributed by atoms with van der Waals surface area (Å²) < 4.78 is 6.25. The number of fused-ring (bicyclic) bond motifs is 1. The molecule has 0 aromatic heterocycles. The van der Waals surface area contributed by atoms with E-state index in [1.54, 1.807) is 0 Å². The number of allylic oxidation sites excluding steroid dienone is 18. The first-order valence-corrected chi connectivity index (χ1v) is 15.8. The highest BCUT2D eigenvalue weighted by Crippen LogP contribution is 2.66. The van der Waals surface area contributed by atoms with Gasteiger partial charge in [0.25, 0.3) is 0 Å². The molecule has 43 heavy (non-hydrogen) atoms. The number of ether oxygens (including phenoxy) is 1. The Balaban J connectivity index is 1.49. The van der Waals surface area contributed by atoms with E-state index in [0.29, 0.717) is 12.3 Å². The van der Waals surface area contributed by atoms with Gasteiger partial charge in [0.05, 0.1) is 12.2 Å². The normalized spacial score (nSPS) is 33.8. The van der Waals surface area contributed by atoms with Crippen molar-refractivity contribution < 1.29 is 14.9 Å². The second-order valence-electron chi connectivity index (χ2n) is 14.6. The molecule has 1 aliphatic heterocycles. The van der Waals surface area contributed by atoms with Crippen molar-refractivity contribution in [2.24, 2.45) is 16.7 Å². The topological polar surface area (TPSA) is 53.0 Å². The Hall–Kier alpha value is -2.72. The fraction of sp³-hybridized carbons (Fsp3) is 0.500. The minimum Gasteiger partial charge on any atom is -0.393 e. The molecule has 3 rings (SSSR count). The van der Waals surface area contributed by atoms with Crippen molar-refractivity contribution in [3.05, 3.63) is 119 Å². The van der Waals surface area contributed by atoms with Crippen LogP contribution in [0.2, 0.25) is 0 Å². The third kappa shape index (κ3) is 8.91. The van der Waals surface area contributed by atoms with Crippen LogP contribution in [0.25, 0.3) is 0 Å². The van der Waals surface area contributed by atoms with Crippen molar-refractivity contribution in [3.8, 4) is 0 Å². The standard InChI is InChI=1S/C40H56O3/c1-29(17-13-19-31(3)21-22-36-33(5)25-34(41)26-37(36,6)7)15-11-12-16-30(2)18-14-20-32(4)23-24-40-38(8,9)27-35(42)28-39(40,10)43-40/h11-25,34-36,41-42H,26-28H2,1-10H3/b12-11+,17-13+,18-14+,22-21+,24-23+,29-15+,30-16+,31-19-,32-20-/t34-,35-,36-,39+,40-/m0/s1. The lowest BCUT2D eigenvalue weighted by atomic mass is 9.63. The third-order valence-corrected chi connectivity index (χ3v) is 9.43. The molecule has 3 aliphatic rings. The van der Waals surface area contributed by atoms with Crippen LogP contribution in [0.5, 0.6) is 0 Å². The summed E-state index contributed by atoms with van der Waals surface area (Å²) >= 11 is 0. The molecule has 1 heterocycles. The minimum atomic E-state index is -0.333. The molecule has 3 nitrogen and oxygen atoms in total. The molecule has 3 heteroatoms. The second kappa shape index (κ2) is 13.9. The Morgan fingerprint density at radius 2 is 1.23 bits per heavy atom. The molecule has 0 spiro atoms. The fourth-order valence-electron chi connectivity index (χ4n) is 7.07. The average molecular weight is 585 g/mol. The van der Waals surface area contributed by atoms with Crippen molar-refractivity contribution in [2.45, 2.75) is 112 Å². The van der Waals surface area contributed by atoms with Gasteiger partial charge in [-0.3, -0.25) is 0 Å². The molecule has 0 aromatic carbocycles. The summed E-state index contributed by atoms with van der Waals surface area (Å²) in [4.78, 5) is 0. The molecule has 2 N–H and O–H groups in total. The molecular formula is C40H56O3. The van der Waals surface area contributed by atoms with E-state index in [2.05, 4.69) is 154 Å². The Morgan fingerprint density at radius 1 is 0.721 bits per heavy atom. The van der Waals surface area contributed by atoms with Crippen LogP contribution in [0.15, 0.2) is 119 Å². The molecule has 0 radical (unpaired) electrons. The predicted octanol–water partition coefficient (Wildman–Crippen LogP) is 9.61. The average Bonchev–Trinajstić information content (AvgIpc) is 3.49. The highest BCUT2D eigenvalue weighted by molar-refractivity contribution is 5.37. The second-order valence-corrected chi connectivity index (χ2v) is 14.6. The van der Waals surface area contributed by atoms with E-state index < -0.39 is 0 Å². The Bertz CT molecular complexity index is 1320. The lowest BCUT2D eigenvalue weighted by Crippen LogP contribution is -2.46. The van der Waals surface area contributed by atoms with E-state index >= 15 is 0 Å². The first-order valence-electron chi connectivity index (χ1n) is 15.8. The van der Waals surface area contributed by atoms with Crippen LogP contribution < -0.4 is 0 Å². The van der Waals surface area contributed by atoms with Gasteiger partial charge in [-0.05, 0) is 65.9 Å². The summed E-state index contributed by atoms with van der Waals surface area (Å²) in [6, 6.07) is 0. The number of aliphatic hydroxyl groups excluding tert-OH is 2. The number of hydrogen-bond acceptors (Lipinski definition) is 3. The van der Waals surface area contributed by atoms with Crippen molar-refractivity contribution in [2.75, 3.05) is 0 Å². The number of rotatable bonds is 10. The van der Waals surface area contributed by atoms with Gasteiger partial charge in [-0.15, -0.1) is 0 Å². The van der Waals surface area contributed by atoms with Gasteiger partial charge in [0, 0.05) is 17.8 Å². The summed E-state index contributed by atoms with van der Waals surface area (Å²) in [6.45, 7) is 21.5. The van der Waals surface area contributed by atoms with Gasteiger partial charge in [0.15, 0.2) is 0 Å². The maximum atomic E-state index is 10.2. The predicted molar refractivity (Wildman–Crippen MR) is 184 cm³/mol. The van der Waals surface area contributed by atoms with Gasteiger partial charge < -0.3 is 14.9 Å². The van der Waals surface area contributed by atoms with Gasteiger partial charge in [-0.2, -0.15) is 0 Å². The van der Waals surface area contributed by atoms with Crippen molar-refractivity contribution in [3.63, 3.8) is 0 Å². The molecule has 2 aliphatic carbocycles. The third-order valence-electron chi connectivity index (χ3n) is 9.43. The molecular weight excluding hydrogens is 528 g/mol. The van der Waals surface area contributed by atoms with E-state index in [9.17, 15) is 10.2 Å². The number of epoxide rings is 1. The van der Waals surface area contributed by atoms with Crippen LogP contribution in [0.4, 0.5) is 0 Å². The zero-order chi connectivity index (χ0) is 32.1. The molecule has 1 saturated carbocycles. The number of hydrogen-bond donors (Lipinski definition) is 2. The van der Waals surface area contributed by atoms with Crippen LogP contribution in [0.3, 0.4) is 0 Å². The molecule has 0 aromatic rings. The Labute approximate surface area is 262 Å². The smallest absolute Gasteiger partial charge is 0.121 e. The molecule has 0 unspecified atom stereocenters. The van der Waals surface area contributed by atoms with Gasteiger partial charge in [-0.1, -0.05) is 141 Å². The lowest BCUT2D eigenvalue weighted by molar-refractivity contribution is 0.0515. The van der Waals surface area contributed by atoms with Crippen LogP contribution in [0, 0.1) is 16.7 Å². The zero-order valence-electron chi connectivity index (χ0n) is 28.3. The SMILES string of the molecule is CC1=C[C@H](O)CC(C)(C)[C@H]1/C=C/C(C)=C\C=C\C(C)=C\C=C\C=C(C)\C=C\C=C(C)/C=C/[C@@]12O[C@]1(C)C[C@@H](O)CC2(C)C. The summed E-state index contributed by atoms with van der Waals surface area (Å²) in [5.41, 5.74) is 5.38. The Kier molecular flexibility index (Phi) is 11.3. The zero-order valence-corrected chi connectivity index (χ0v) is 28.3. The van der Waals surface area contributed by atoms with Crippen LogP contribution >= 0.6 is 0 Å². The van der Waals surface area contributed by atoms with Crippen LogP contribution in [-0.2, 0) is 4.74 Å². The van der Waals surface area contributed by atoms with Crippen molar-refractivity contribution in [1.29, 1.82) is 0 Å². The summed E-state index contributed by atoms with van der Waals surface area (Å²) in [7, 11) is 0. The first kappa shape index (κ1) is 34.8. The molecule has 2 fully saturated rings. The summed E-state index contributed by atoms with van der Waals surface area (Å²) in [6.07, 6.45) is 33.5.